The van der Waals surface area contributed by atoms with Gasteiger partial charge in [0.25, 0.3) is 0 Å². The number of H-pyrrole nitrogens is 1. The first-order chi connectivity index (χ1) is 14.2. The number of esters is 1. The molecule has 0 aliphatic rings. The molecule has 1 aromatic carbocycles. The number of anilines is 1. The minimum absolute atomic E-state index is 0.00958. The summed E-state index contributed by atoms with van der Waals surface area (Å²) in [5.41, 5.74) is 6.83. The summed E-state index contributed by atoms with van der Waals surface area (Å²) in [6.45, 7) is 3.59. The molecule has 0 unspecified atom stereocenters. The monoisotopic (exact) mass is 482 g/mol. The number of hydrogen-bond acceptors (Lipinski definition) is 5. The topological polar surface area (TPSA) is 93.9 Å². The van der Waals surface area contributed by atoms with Crippen LogP contribution in [0.5, 0.6) is 0 Å². The van der Waals surface area contributed by atoms with Gasteiger partial charge >= 0.3 is 12.1 Å². The number of aryl methyl sites for hydroxylation is 1. The van der Waals surface area contributed by atoms with Gasteiger partial charge in [0.1, 0.15) is 5.69 Å². The van der Waals surface area contributed by atoms with Crippen molar-refractivity contribution in [3.8, 4) is 22.6 Å². The first kappa shape index (κ1) is 21.8. The number of nitrogens with one attached hydrogen (secondary N) is 1. The number of aromatic amines is 1. The van der Waals surface area contributed by atoms with Gasteiger partial charge in [-0.2, -0.15) is 13.2 Å². The van der Waals surface area contributed by atoms with Crippen molar-refractivity contribution in [3.05, 3.63) is 51.6 Å². The number of hydrogen-bond donors (Lipinski definition) is 2. The molecule has 0 radical (unpaired) electrons. The SMILES string of the molecule is CCOC(=O)c1cc(-c2nc(N)ncc2Br)[nH]c1-c1cc(C(F)(F)F)ccc1CC. The first-order valence-electron chi connectivity index (χ1n) is 9.04. The fraction of sp³-hybridized carbons (Fsp3) is 0.250. The second-order valence-corrected chi connectivity index (χ2v) is 7.19. The van der Waals surface area contributed by atoms with Gasteiger partial charge in [-0.05, 0) is 53.0 Å². The third-order valence-electron chi connectivity index (χ3n) is 4.42. The van der Waals surface area contributed by atoms with Crippen molar-refractivity contribution < 1.29 is 22.7 Å². The zero-order valence-corrected chi connectivity index (χ0v) is 17.7. The van der Waals surface area contributed by atoms with Crippen LogP contribution >= 0.6 is 15.9 Å². The molecule has 0 aliphatic carbocycles. The van der Waals surface area contributed by atoms with Crippen LogP contribution < -0.4 is 5.73 Å². The Morgan fingerprint density at radius 3 is 2.63 bits per heavy atom. The number of benzene rings is 1. The number of alkyl halides is 3. The smallest absolute Gasteiger partial charge is 0.416 e. The Balaban J connectivity index is 2.27. The molecular formula is C20H18BrF3N4O2. The van der Waals surface area contributed by atoms with Gasteiger partial charge in [0.2, 0.25) is 5.95 Å². The van der Waals surface area contributed by atoms with Gasteiger partial charge in [0, 0.05) is 11.8 Å². The molecule has 6 nitrogen and oxygen atoms in total. The number of nitrogen functional groups attached to an aromatic ring is 1. The molecule has 0 fully saturated rings. The average Bonchev–Trinajstić information content (AvgIpc) is 3.14. The van der Waals surface area contributed by atoms with Crippen molar-refractivity contribution in [2.75, 3.05) is 12.3 Å². The van der Waals surface area contributed by atoms with Crippen LogP contribution in [0, 0.1) is 0 Å². The molecule has 30 heavy (non-hydrogen) atoms. The fourth-order valence-electron chi connectivity index (χ4n) is 3.03. The summed E-state index contributed by atoms with van der Waals surface area (Å²) in [5, 5.41) is 0. The molecule has 3 rings (SSSR count). The largest absolute Gasteiger partial charge is 0.462 e. The van der Waals surface area contributed by atoms with E-state index in [1.54, 1.807) is 6.92 Å². The Morgan fingerprint density at radius 1 is 1.27 bits per heavy atom. The van der Waals surface area contributed by atoms with Gasteiger partial charge in [-0.25, -0.2) is 14.8 Å². The minimum atomic E-state index is -4.52. The number of nitrogens with zero attached hydrogens (tertiary/aromatic N) is 2. The summed E-state index contributed by atoms with van der Waals surface area (Å²) in [6, 6.07) is 4.95. The maximum Gasteiger partial charge on any atom is 0.416 e. The van der Waals surface area contributed by atoms with E-state index in [9.17, 15) is 18.0 Å². The third kappa shape index (κ3) is 4.33. The van der Waals surface area contributed by atoms with E-state index >= 15 is 0 Å². The summed E-state index contributed by atoms with van der Waals surface area (Å²) in [6.07, 6.45) is -2.61. The van der Waals surface area contributed by atoms with E-state index in [0.717, 1.165) is 12.1 Å². The van der Waals surface area contributed by atoms with Crippen molar-refractivity contribution in [1.29, 1.82) is 0 Å². The first-order valence-corrected chi connectivity index (χ1v) is 9.84. The van der Waals surface area contributed by atoms with Crippen LogP contribution in [0.15, 0.2) is 34.9 Å². The molecule has 10 heteroatoms. The van der Waals surface area contributed by atoms with Crippen molar-refractivity contribution in [1.82, 2.24) is 15.0 Å². The van der Waals surface area contributed by atoms with Crippen LogP contribution in [-0.2, 0) is 17.3 Å². The molecular weight excluding hydrogens is 465 g/mol. The Kier molecular flexibility index (Phi) is 6.16. The maximum absolute atomic E-state index is 13.3. The third-order valence-corrected chi connectivity index (χ3v) is 5.00. The molecule has 0 amide bonds. The second-order valence-electron chi connectivity index (χ2n) is 6.34. The van der Waals surface area contributed by atoms with Gasteiger partial charge in [0.05, 0.1) is 33.6 Å². The zero-order valence-electron chi connectivity index (χ0n) is 16.1. The van der Waals surface area contributed by atoms with Gasteiger partial charge in [0.15, 0.2) is 0 Å². The average molecular weight is 483 g/mol. The van der Waals surface area contributed by atoms with Crippen LogP contribution in [-0.4, -0.2) is 27.5 Å². The standard InChI is InChI=1S/C20H18BrF3N4O2/c1-3-10-5-6-11(20(22,23)24)7-12(10)16-13(18(29)30-4-2)8-15(27-16)17-14(21)9-26-19(25)28-17/h5-9,27H,3-4H2,1-2H3,(H2,25,26,28). The van der Waals surface area contributed by atoms with E-state index in [1.807, 2.05) is 6.92 Å². The van der Waals surface area contributed by atoms with Crippen LogP contribution in [0.3, 0.4) is 0 Å². The molecule has 3 N–H and O–H groups in total. The Bertz CT molecular complexity index is 1100. The predicted molar refractivity (Wildman–Crippen MR) is 110 cm³/mol. The van der Waals surface area contributed by atoms with Crippen molar-refractivity contribution >= 4 is 27.8 Å². The summed E-state index contributed by atoms with van der Waals surface area (Å²) in [4.78, 5) is 23.6. The molecule has 0 aliphatic heterocycles. The normalized spacial score (nSPS) is 11.5. The van der Waals surface area contributed by atoms with Gasteiger partial charge in [-0.3, -0.25) is 0 Å². The number of ether oxygens (including phenoxy) is 1. The molecule has 158 valence electrons. The Hall–Kier alpha value is -2.88. The highest BCUT2D eigenvalue weighted by atomic mass is 79.9. The molecule has 2 heterocycles. The summed E-state index contributed by atoms with van der Waals surface area (Å²) >= 11 is 3.33. The van der Waals surface area contributed by atoms with E-state index in [4.69, 9.17) is 10.5 Å². The second kappa shape index (κ2) is 8.47. The van der Waals surface area contributed by atoms with Crippen molar-refractivity contribution in [3.63, 3.8) is 0 Å². The predicted octanol–water partition coefficient (Wildman–Crippen LogP) is 5.24. The number of aromatic nitrogens is 3. The fourth-order valence-corrected chi connectivity index (χ4v) is 3.43. The maximum atomic E-state index is 13.3. The lowest BCUT2D eigenvalue weighted by Gasteiger charge is -2.13. The van der Waals surface area contributed by atoms with E-state index in [0.29, 0.717) is 27.8 Å². The highest BCUT2D eigenvalue weighted by Crippen LogP contribution is 2.37. The van der Waals surface area contributed by atoms with Crippen LogP contribution in [0.2, 0.25) is 0 Å². The van der Waals surface area contributed by atoms with E-state index in [-0.39, 0.29) is 29.4 Å². The Labute approximate surface area is 178 Å². The van der Waals surface area contributed by atoms with Crippen molar-refractivity contribution in [2.24, 2.45) is 0 Å². The highest BCUT2D eigenvalue weighted by Gasteiger charge is 2.32. The highest BCUT2D eigenvalue weighted by molar-refractivity contribution is 9.10. The quantitative estimate of drug-likeness (QED) is 0.484. The van der Waals surface area contributed by atoms with Gasteiger partial charge in [-0.1, -0.05) is 13.0 Å². The van der Waals surface area contributed by atoms with E-state index in [1.165, 1.54) is 18.3 Å². The van der Waals surface area contributed by atoms with E-state index in [2.05, 4.69) is 30.9 Å². The van der Waals surface area contributed by atoms with Crippen LogP contribution in [0.1, 0.15) is 35.3 Å². The van der Waals surface area contributed by atoms with Crippen LogP contribution in [0.4, 0.5) is 19.1 Å². The summed E-state index contributed by atoms with van der Waals surface area (Å²) < 4.78 is 45.6. The lowest BCUT2D eigenvalue weighted by atomic mass is 9.97. The molecule has 3 aromatic rings. The molecule has 0 saturated heterocycles. The molecule has 0 bridgehead atoms. The molecule has 0 spiro atoms. The number of carbonyl (C=O) groups is 1. The van der Waals surface area contributed by atoms with Gasteiger partial charge < -0.3 is 15.5 Å². The summed E-state index contributed by atoms with van der Waals surface area (Å²) in [7, 11) is 0. The number of carbonyl (C=O) groups excluding carboxylic acids is 1. The lowest BCUT2D eigenvalue weighted by molar-refractivity contribution is -0.137. The van der Waals surface area contributed by atoms with Crippen molar-refractivity contribution in [2.45, 2.75) is 26.4 Å². The zero-order chi connectivity index (χ0) is 22.1. The van der Waals surface area contributed by atoms with E-state index < -0.39 is 17.7 Å². The molecule has 2 aromatic heterocycles. The Morgan fingerprint density at radius 2 is 2.00 bits per heavy atom. The summed E-state index contributed by atoms with van der Waals surface area (Å²) in [5.74, 6) is -0.650. The van der Waals surface area contributed by atoms with Crippen LogP contribution in [0.25, 0.3) is 22.6 Å². The minimum Gasteiger partial charge on any atom is -0.462 e. The number of nitrogens with two attached hydrogens (primary N) is 1. The number of rotatable bonds is 5. The lowest BCUT2D eigenvalue weighted by Crippen LogP contribution is -2.08. The van der Waals surface area contributed by atoms with Gasteiger partial charge in [-0.15, -0.1) is 0 Å². The number of halogens is 4. The molecule has 0 saturated carbocycles. The molecule has 0 atom stereocenters.